The van der Waals surface area contributed by atoms with Gasteiger partial charge < -0.3 is 4.74 Å². The molecular formula is C14H14N6O. The number of ether oxygens (including phenoxy) is 1. The minimum atomic E-state index is 0.604. The van der Waals surface area contributed by atoms with Crippen molar-refractivity contribution in [3.8, 4) is 5.75 Å². The lowest BCUT2D eigenvalue weighted by Gasteiger charge is -2.05. The number of rotatable bonds is 5. The number of hydrogen-bond donors (Lipinski definition) is 1. The number of fused-ring (bicyclic) bond motifs is 1. The Morgan fingerprint density at radius 1 is 1.29 bits per heavy atom. The van der Waals surface area contributed by atoms with Gasteiger partial charge in [0.1, 0.15) is 12.1 Å². The van der Waals surface area contributed by atoms with Crippen LogP contribution in [0.25, 0.3) is 5.65 Å². The highest BCUT2D eigenvalue weighted by atomic mass is 16.5. The van der Waals surface area contributed by atoms with E-state index in [-0.39, 0.29) is 0 Å². The third-order valence-electron chi connectivity index (χ3n) is 2.76. The average molecular weight is 282 g/mol. The van der Waals surface area contributed by atoms with Crippen LogP contribution in [-0.4, -0.2) is 32.6 Å². The van der Waals surface area contributed by atoms with E-state index in [2.05, 4.69) is 25.8 Å². The molecule has 2 aromatic heterocycles. The first-order chi connectivity index (χ1) is 10.4. The predicted octanol–water partition coefficient (Wildman–Crippen LogP) is 1.97. The van der Waals surface area contributed by atoms with Crippen LogP contribution in [0.3, 0.4) is 0 Å². The molecular weight excluding hydrogens is 268 g/mol. The highest BCUT2D eigenvalue weighted by Crippen LogP contribution is 2.15. The molecule has 0 amide bonds. The summed E-state index contributed by atoms with van der Waals surface area (Å²) in [7, 11) is 0. The predicted molar refractivity (Wildman–Crippen MR) is 79.6 cm³/mol. The van der Waals surface area contributed by atoms with Gasteiger partial charge in [0, 0.05) is 5.56 Å². The Kier molecular flexibility index (Phi) is 3.72. The molecule has 0 radical (unpaired) electrons. The van der Waals surface area contributed by atoms with Crippen LogP contribution < -0.4 is 10.2 Å². The molecule has 7 nitrogen and oxygen atoms in total. The second-order valence-electron chi connectivity index (χ2n) is 4.19. The number of hydrazone groups is 1. The quantitative estimate of drug-likeness (QED) is 0.572. The highest BCUT2D eigenvalue weighted by Gasteiger charge is 2.00. The number of para-hydroxylation sites is 1. The van der Waals surface area contributed by atoms with E-state index in [1.807, 2.05) is 37.3 Å². The summed E-state index contributed by atoms with van der Waals surface area (Å²) in [5.41, 5.74) is 4.46. The van der Waals surface area contributed by atoms with Crippen LogP contribution in [-0.2, 0) is 0 Å². The topological polar surface area (TPSA) is 76.7 Å². The number of benzene rings is 1. The summed E-state index contributed by atoms with van der Waals surface area (Å²) in [6, 6.07) is 11.3. The zero-order valence-electron chi connectivity index (χ0n) is 11.5. The molecule has 7 heteroatoms. The second-order valence-corrected chi connectivity index (χ2v) is 4.19. The van der Waals surface area contributed by atoms with E-state index in [4.69, 9.17) is 4.74 Å². The van der Waals surface area contributed by atoms with Crippen molar-refractivity contribution in [2.75, 3.05) is 12.0 Å². The first kappa shape index (κ1) is 13.0. The summed E-state index contributed by atoms with van der Waals surface area (Å²) in [6.07, 6.45) is 3.23. The van der Waals surface area contributed by atoms with Gasteiger partial charge in [-0.05, 0) is 31.2 Å². The van der Waals surface area contributed by atoms with Crippen molar-refractivity contribution in [3.63, 3.8) is 0 Å². The van der Waals surface area contributed by atoms with Crippen LogP contribution in [0.1, 0.15) is 12.5 Å². The molecule has 3 rings (SSSR count). The SMILES string of the molecule is CCOc1ccccc1/C=N\Nc1ccc2nncn2n1. The second kappa shape index (κ2) is 6.00. The van der Waals surface area contributed by atoms with Gasteiger partial charge in [-0.15, -0.1) is 15.3 Å². The standard InChI is InChI=1S/C14H14N6O/c1-2-21-12-6-4-3-5-11(12)9-15-17-13-7-8-14-18-16-10-20(14)19-13/h3-10H,2H2,1H3,(H,17,19)/b15-9-. The van der Waals surface area contributed by atoms with E-state index in [0.717, 1.165) is 11.3 Å². The molecule has 0 aliphatic carbocycles. The van der Waals surface area contributed by atoms with E-state index in [1.54, 1.807) is 16.8 Å². The van der Waals surface area contributed by atoms with Gasteiger partial charge in [0.2, 0.25) is 0 Å². The van der Waals surface area contributed by atoms with Crippen LogP contribution in [0.2, 0.25) is 0 Å². The number of nitrogens with zero attached hydrogens (tertiary/aromatic N) is 5. The van der Waals surface area contributed by atoms with Crippen LogP contribution in [0.5, 0.6) is 5.75 Å². The zero-order chi connectivity index (χ0) is 14.5. The first-order valence-corrected chi connectivity index (χ1v) is 6.55. The van der Waals surface area contributed by atoms with Crippen LogP contribution >= 0.6 is 0 Å². The molecule has 0 spiro atoms. The van der Waals surface area contributed by atoms with Gasteiger partial charge in [0.05, 0.1) is 12.8 Å². The maximum absolute atomic E-state index is 5.53. The van der Waals surface area contributed by atoms with Gasteiger partial charge in [-0.2, -0.15) is 9.62 Å². The Labute approximate surface area is 121 Å². The van der Waals surface area contributed by atoms with Crippen molar-refractivity contribution >= 4 is 17.7 Å². The normalized spacial score (nSPS) is 11.1. The molecule has 106 valence electrons. The summed E-state index contributed by atoms with van der Waals surface area (Å²) in [4.78, 5) is 0. The maximum Gasteiger partial charge on any atom is 0.177 e. The maximum atomic E-state index is 5.53. The lowest BCUT2D eigenvalue weighted by atomic mass is 10.2. The molecule has 0 saturated heterocycles. The molecule has 0 aliphatic heterocycles. The van der Waals surface area contributed by atoms with Gasteiger partial charge in [-0.1, -0.05) is 12.1 Å². The van der Waals surface area contributed by atoms with Crippen LogP contribution in [0.15, 0.2) is 47.8 Å². The summed E-state index contributed by atoms with van der Waals surface area (Å²) in [6.45, 7) is 2.56. The Morgan fingerprint density at radius 2 is 2.19 bits per heavy atom. The lowest BCUT2D eigenvalue weighted by Crippen LogP contribution is -1.99. The Hall–Kier alpha value is -2.96. The fourth-order valence-corrected chi connectivity index (χ4v) is 1.83. The van der Waals surface area contributed by atoms with Crippen molar-refractivity contribution in [3.05, 3.63) is 48.3 Å². The third kappa shape index (κ3) is 2.97. The molecule has 1 N–H and O–H groups in total. The van der Waals surface area contributed by atoms with Crippen molar-refractivity contribution in [1.29, 1.82) is 0 Å². The van der Waals surface area contributed by atoms with Gasteiger partial charge in [0.15, 0.2) is 11.5 Å². The molecule has 21 heavy (non-hydrogen) atoms. The Balaban J connectivity index is 1.74. The molecule has 0 unspecified atom stereocenters. The largest absolute Gasteiger partial charge is 0.493 e. The van der Waals surface area contributed by atoms with Gasteiger partial charge >= 0.3 is 0 Å². The number of aromatic nitrogens is 4. The van der Waals surface area contributed by atoms with E-state index in [9.17, 15) is 0 Å². The fraction of sp³-hybridized carbons (Fsp3) is 0.143. The monoisotopic (exact) mass is 282 g/mol. The summed E-state index contributed by atoms with van der Waals surface area (Å²) < 4.78 is 7.11. The molecule has 1 aromatic carbocycles. The molecule has 3 aromatic rings. The summed E-state index contributed by atoms with van der Waals surface area (Å²) in [5.74, 6) is 1.40. The van der Waals surface area contributed by atoms with Crippen molar-refractivity contribution in [2.45, 2.75) is 6.92 Å². The fourth-order valence-electron chi connectivity index (χ4n) is 1.83. The smallest absolute Gasteiger partial charge is 0.177 e. The van der Waals surface area contributed by atoms with Crippen molar-refractivity contribution in [1.82, 2.24) is 19.8 Å². The van der Waals surface area contributed by atoms with Gasteiger partial charge in [-0.25, -0.2) is 0 Å². The molecule has 0 atom stereocenters. The van der Waals surface area contributed by atoms with Crippen LogP contribution in [0, 0.1) is 0 Å². The summed E-state index contributed by atoms with van der Waals surface area (Å²) >= 11 is 0. The Bertz CT molecular complexity index is 767. The highest BCUT2D eigenvalue weighted by molar-refractivity contribution is 5.83. The molecule has 2 heterocycles. The van der Waals surface area contributed by atoms with E-state index < -0.39 is 0 Å². The zero-order valence-corrected chi connectivity index (χ0v) is 11.5. The van der Waals surface area contributed by atoms with Crippen molar-refractivity contribution in [2.24, 2.45) is 5.10 Å². The lowest BCUT2D eigenvalue weighted by molar-refractivity contribution is 0.340. The molecule has 0 fully saturated rings. The van der Waals surface area contributed by atoms with Crippen LogP contribution in [0.4, 0.5) is 5.82 Å². The van der Waals surface area contributed by atoms with Gasteiger partial charge in [0.25, 0.3) is 0 Å². The Morgan fingerprint density at radius 3 is 3.10 bits per heavy atom. The molecule has 0 bridgehead atoms. The number of nitrogens with one attached hydrogen (secondary N) is 1. The van der Waals surface area contributed by atoms with Crippen molar-refractivity contribution < 1.29 is 4.74 Å². The molecule has 0 saturated carbocycles. The average Bonchev–Trinajstić information content (AvgIpc) is 2.97. The minimum absolute atomic E-state index is 0.604. The number of anilines is 1. The summed E-state index contributed by atoms with van der Waals surface area (Å²) in [5, 5.41) is 16.1. The number of hydrogen-bond acceptors (Lipinski definition) is 6. The third-order valence-corrected chi connectivity index (χ3v) is 2.76. The first-order valence-electron chi connectivity index (χ1n) is 6.55. The van der Waals surface area contributed by atoms with Gasteiger partial charge in [-0.3, -0.25) is 5.43 Å². The molecule has 0 aliphatic rings. The minimum Gasteiger partial charge on any atom is -0.493 e. The van der Waals surface area contributed by atoms with E-state index in [0.29, 0.717) is 18.1 Å². The van der Waals surface area contributed by atoms with E-state index in [1.165, 1.54) is 6.33 Å². The van der Waals surface area contributed by atoms with E-state index >= 15 is 0 Å².